The standard InChI is InChI=1S/C21H20F4N6OS/c22-16-6-4-14(5-7-16)19-27-28-20(31(19)26)33-13-18(32)30-10-8-29(9-11-30)17-3-1-2-15(12-17)21(23,24)25/h1-7,12H,8-11,13,26H2. The van der Waals surface area contributed by atoms with E-state index in [1.165, 1.54) is 35.0 Å². The molecule has 0 spiro atoms. The van der Waals surface area contributed by atoms with Gasteiger partial charge in [-0.2, -0.15) is 13.2 Å². The Balaban J connectivity index is 1.32. The van der Waals surface area contributed by atoms with E-state index in [0.717, 1.165) is 23.9 Å². The first-order valence-corrected chi connectivity index (χ1v) is 11.0. The first kappa shape index (κ1) is 22.9. The molecule has 1 aliphatic heterocycles. The highest BCUT2D eigenvalue weighted by Gasteiger charge is 2.31. The minimum atomic E-state index is -4.40. The fraction of sp³-hybridized carbons (Fsp3) is 0.286. The summed E-state index contributed by atoms with van der Waals surface area (Å²) in [5.41, 5.74) is 0.381. The van der Waals surface area contributed by atoms with Gasteiger partial charge in [-0.15, -0.1) is 10.2 Å². The molecular formula is C21H20F4N6OS. The van der Waals surface area contributed by atoms with Crippen molar-refractivity contribution in [3.63, 3.8) is 0 Å². The Kier molecular flexibility index (Phi) is 6.45. The predicted molar refractivity (Wildman–Crippen MR) is 117 cm³/mol. The van der Waals surface area contributed by atoms with Crippen LogP contribution in [0, 0.1) is 5.82 Å². The van der Waals surface area contributed by atoms with E-state index in [-0.39, 0.29) is 17.5 Å². The molecule has 0 saturated carbocycles. The van der Waals surface area contributed by atoms with Crippen LogP contribution in [-0.2, 0) is 11.0 Å². The van der Waals surface area contributed by atoms with E-state index in [4.69, 9.17) is 5.84 Å². The largest absolute Gasteiger partial charge is 0.416 e. The molecule has 0 aliphatic carbocycles. The van der Waals surface area contributed by atoms with Gasteiger partial charge in [0.15, 0.2) is 5.82 Å². The van der Waals surface area contributed by atoms with Crippen molar-refractivity contribution >= 4 is 23.4 Å². The zero-order chi connectivity index (χ0) is 23.6. The van der Waals surface area contributed by atoms with Gasteiger partial charge in [0.25, 0.3) is 0 Å². The summed E-state index contributed by atoms with van der Waals surface area (Å²) < 4.78 is 53.2. The second-order valence-corrected chi connectivity index (χ2v) is 8.33. The number of anilines is 1. The van der Waals surface area contributed by atoms with Crippen LogP contribution in [-0.4, -0.2) is 57.6 Å². The number of alkyl halides is 3. The van der Waals surface area contributed by atoms with E-state index in [1.807, 2.05) is 4.90 Å². The van der Waals surface area contributed by atoms with Crippen LogP contribution in [0.1, 0.15) is 5.56 Å². The lowest BCUT2D eigenvalue weighted by Gasteiger charge is -2.36. The number of nitrogens with two attached hydrogens (primary N) is 1. The molecule has 1 aliphatic rings. The first-order chi connectivity index (χ1) is 15.7. The van der Waals surface area contributed by atoms with Gasteiger partial charge >= 0.3 is 6.18 Å². The number of piperazine rings is 1. The fourth-order valence-corrected chi connectivity index (χ4v) is 4.24. The SMILES string of the molecule is Nn1c(SCC(=O)N2CCN(c3cccc(C(F)(F)F)c3)CC2)nnc1-c1ccc(F)cc1. The second kappa shape index (κ2) is 9.30. The van der Waals surface area contributed by atoms with Crippen LogP contribution in [0.25, 0.3) is 11.4 Å². The van der Waals surface area contributed by atoms with Gasteiger partial charge in [-0.3, -0.25) is 4.79 Å². The number of nitrogen functional groups attached to an aromatic ring is 1. The topological polar surface area (TPSA) is 80.3 Å². The number of hydrogen-bond donors (Lipinski definition) is 1. The summed E-state index contributed by atoms with van der Waals surface area (Å²) in [6, 6.07) is 10.8. The second-order valence-electron chi connectivity index (χ2n) is 7.39. The molecule has 1 saturated heterocycles. The van der Waals surface area contributed by atoms with Gasteiger partial charge in [0.2, 0.25) is 11.1 Å². The molecule has 4 rings (SSSR count). The Labute approximate surface area is 191 Å². The van der Waals surface area contributed by atoms with Crippen molar-refractivity contribution in [2.75, 3.05) is 42.7 Å². The third kappa shape index (κ3) is 5.21. The number of halogens is 4. The summed E-state index contributed by atoms with van der Waals surface area (Å²) in [6.45, 7) is 1.65. The van der Waals surface area contributed by atoms with Crippen molar-refractivity contribution in [3.8, 4) is 11.4 Å². The van der Waals surface area contributed by atoms with E-state index in [2.05, 4.69) is 10.2 Å². The summed E-state index contributed by atoms with van der Waals surface area (Å²) >= 11 is 1.13. The number of rotatable bonds is 5. The number of nitrogens with zero attached hydrogens (tertiary/aromatic N) is 5. The number of benzene rings is 2. The smallest absolute Gasteiger partial charge is 0.368 e. The lowest BCUT2D eigenvalue weighted by molar-refractivity contribution is -0.137. The van der Waals surface area contributed by atoms with Gasteiger partial charge < -0.3 is 15.6 Å². The molecule has 0 radical (unpaired) electrons. The molecule has 2 N–H and O–H groups in total. The van der Waals surface area contributed by atoms with Crippen LogP contribution < -0.4 is 10.7 Å². The molecule has 174 valence electrons. The molecular weight excluding hydrogens is 460 g/mol. The lowest BCUT2D eigenvalue weighted by Crippen LogP contribution is -2.49. The summed E-state index contributed by atoms with van der Waals surface area (Å²) in [7, 11) is 0. The van der Waals surface area contributed by atoms with Gasteiger partial charge in [-0.1, -0.05) is 17.8 Å². The summed E-state index contributed by atoms with van der Waals surface area (Å²) in [4.78, 5) is 16.1. The van der Waals surface area contributed by atoms with Crippen molar-refractivity contribution in [2.45, 2.75) is 11.3 Å². The highest BCUT2D eigenvalue weighted by Crippen LogP contribution is 2.32. The Morgan fingerprint density at radius 2 is 1.73 bits per heavy atom. The van der Waals surface area contributed by atoms with Crippen LogP contribution >= 0.6 is 11.8 Å². The van der Waals surface area contributed by atoms with E-state index in [0.29, 0.717) is 48.4 Å². The van der Waals surface area contributed by atoms with Crippen molar-refractivity contribution < 1.29 is 22.4 Å². The van der Waals surface area contributed by atoms with Crippen LogP contribution in [0.5, 0.6) is 0 Å². The molecule has 7 nitrogen and oxygen atoms in total. The zero-order valence-corrected chi connectivity index (χ0v) is 18.1. The third-order valence-corrected chi connectivity index (χ3v) is 6.19. The van der Waals surface area contributed by atoms with E-state index >= 15 is 0 Å². The molecule has 2 heterocycles. The van der Waals surface area contributed by atoms with Gasteiger partial charge in [0.1, 0.15) is 5.82 Å². The van der Waals surface area contributed by atoms with Crippen molar-refractivity contribution in [2.24, 2.45) is 0 Å². The van der Waals surface area contributed by atoms with E-state index in [1.54, 1.807) is 11.0 Å². The van der Waals surface area contributed by atoms with Crippen LogP contribution in [0.15, 0.2) is 53.7 Å². The van der Waals surface area contributed by atoms with Gasteiger partial charge in [-0.05, 0) is 42.5 Å². The maximum atomic E-state index is 13.1. The molecule has 2 aromatic carbocycles. The minimum absolute atomic E-state index is 0.0856. The molecule has 1 amide bonds. The number of aromatic nitrogens is 3. The Morgan fingerprint density at radius 3 is 2.39 bits per heavy atom. The molecule has 1 fully saturated rings. The van der Waals surface area contributed by atoms with Gasteiger partial charge in [-0.25, -0.2) is 9.07 Å². The fourth-order valence-electron chi connectivity index (χ4n) is 3.48. The predicted octanol–water partition coefficient (Wildman–Crippen LogP) is 3.26. The molecule has 0 unspecified atom stereocenters. The van der Waals surface area contributed by atoms with Crippen molar-refractivity contribution in [3.05, 3.63) is 59.9 Å². The first-order valence-electron chi connectivity index (χ1n) is 10.0. The molecule has 0 bridgehead atoms. The highest BCUT2D eigenvalue weighted by molar-refractivity contribution is 7.99. The monoisotopic (exact) mass is 480 g/mol. The van der Waals surface area contributed by atoms with Crippen LogP contribution in [0.4, 0.5) is 23.2 Å². The number of carbonyl (C=O) groups is 1. The average molecular weight is 480 g/mol. The summed E-state index contributed by atoms with van der Waals surface area (Å²) in [5, 5.41) is 8.34. The number of thioether (sulfide) groups is 1. The third-order valence-electron chi connectivity index (χ3n) is 5.26. The molecule has 12 heteroatoms. The zero-order valence-electron chi connectivity index (χ0n) is 17.3. The maximum Gasteiger partial charge on any atom is 0.416 e. The average Bonchev–Trinajstić information content (AvgIpc) is 3.18. The Bertz CT molecular complexity index is 1130. The summed E-state index contributed by atoms with van der Waals surface area (Å²) in [6.07, 6.45) is -4.40. The van der Waals surface area contributed by atoms with Crippen molar-refractivity contribution in [1.82, 2.24) is 19.8 Å². The van der Waals surface area contributed by atoms with Crippen LogP contribution in [0.3, 0.4) is 0 Å². The van der Waals surface area contributed by atoms with E-state index < -0.39 is 11.7 Å². The minimum Gasteiger partial charge on any atom is -0.368 e. The lowest BCUT2D eigenvalue weighted by atomic mass is 10.1. The number of carbonyl (C=O) groups excluding carboxylic acids is 1. The maximum absolute atomic E-state index is 13.1. The molecule has 3 aromatic rings. The molecule has 1 aromatic heterocycles. The van der Waals surface area contributed by atoms with Crippen molar-refractivity contribution in [1.29, 1.82) is 0 Å². The van der Waals surface area contributed by atoms with Gasteiger partial charge in [0, 0.05) is 37.4 Å². The summed E-state index contributed by atoms with van der Waals surface area (Å²) in [5.74, 6) is 5.95. The number of amides is 1. The number of hydrogen-bond acceptors (Lipinski definition) is 6. The Hall–Kier alpha value is -3.28. The highest BCUT2D eigenvalue weighted by atomic mass is 32.2. The van der Waals surface area contributed by atoms with E-state index in [9.17, 15) is 22.4 Å². The van der Waals surface area contributed by atoms with Crippen LogP contribution in [0.2, 0.25) is 0 Å². The Morgan fingerprint density at radius 1 is 1.03 bits per heavy atom. The normalized spacial score (nSPS) is 14.5. The molecule has 0 atom stereocenters. The van der Waals surface area contributed by atoms with Gasteiger partial charge in [0.05, 0.1) is 11.3 Å². The molecule has 33 heavy (non-hydrogen) atoms. The quantitative estimate of drug-likeness (QED) is 0.343.